The van der Waals surface area contributed by atoms with Crippen LogP contribution in [0.3, 0.4) is 0 Å². The Morgan fingerprint density at radius 1 is 1.50 bits per heavy atom. The summed E-state index contributed by atoms with van der Waals surface area (Å²) < 4.78 is 0. The van der Waals surface area contributed by atoms with Crippen molar-refractivity contribution in [3.63, 3.8) is 0 Å². The molecule has 1 aliphatic heterocycles. The number of anilines is 1. The van der Waals surface area contributed by atoms with Crippen LogP contribution >= 0.6 is 11.6 Å². The zero-order valence-electron chi connectivity index (χ0n) is 10.7. The van der Waals surface area contributed by atoms with E-state index in [4.69, 9.17) is 17.3 Å². The van der Waals surface area contributed by atoms with Gasteiger partial charge in [0.1, 0.15) is 5.82 Å². The molecule has 0 spiro atoms. The summed E-state index contributed by atoms with van der Waals surface area (Å²) in [7, 11) is 0. The first-order valence-corrected chi connectivity index (χ1v) is 6.72. The Hall–Kier alpha value is -0.840. The lowest BCUT2D eigenvalue weighted by molar-refractivity contribution is 0.0481. The quantitative estimate of drug-likeness (QED) is 0.861. The van der Waals surface area contributed by atoms with Crippen molar-refractivity contribution in [3.05, 3.63) is 22.8 Å². The maximum absolute atomic E-state index is 10.1. The number of aromatic nitrogens is 1. The predicted octanol–water partition coefficient (Wildman–Crippen LogP) is 1.94. The van der Waals surface area contributed by atoms with E-state index >= 15 is 0 Å². The minimum absolute atomic E-state index is 0.417. The average molecular weight is 270 g/mol. The molecule has 4 nitrogen and oxygen atoms in total. The molecular weight excluding hydrogens is 250 g/mol. The summed E-state index contributed by atoms with van der Waals surface area (Å²) >= 11 is 6.32. The molecule has 0 radical (unpaired) electrons. The lowest BCUT2D eigenvalue weighted by Crippen LogP contribution is -2.29. The molecule has 5 heteroatoms. The Kier molecular flexibility index (Phi) is 4.10. The highest BCUT2D eigenvalue weighted by Gasteiger charge is 2.26. The van der Waals surface area contributed by atoms with Gasteiger partial charge in [-0.2, -0.15) is 0 Å². The number of pyridine rings is 1. The zero-order valence-corrected chi connectivity index (χ0v) is 11.5. The summed E-state index contributed by atoms with van der Waals surface area (Å²) in [5, 5.41) is 10.7. The molecule has 18 heavy (non-hydrogen) atoms. The topological polar surface area (TPSA) is 62.4 Å². The Morgan fingerprint density at radius 3 is 3.00 bits per heavy atom. The van der Waals surface area contributed by atoms with Crippen LogP contribution in [0.25, 0.3) is 0 Å². The van der Waals surface area contributed by atoms with Gasteiger partial charge in [-0.1, -0.05) is 11.6 Å². The molecule has 3 N–H and O–H groups in total. The van der Waals surface area contributed by atoms with Crippen molar-refractivity contribution in [2.75, 3.05) is 18.0 Å². The van der Waals surface area contributed by atoms with Gasteiger partial charge in [-0.3, -0.25) is 0 Å². The van der Waals surface area contributed by atoms with Crippen LogP contribution in [0, 0.1) is 0 Å². The van der Waals surface area contributed by atoms with Crippen molar-refractivity contribution in [2.24, 2.45) is 5.73 Å². The van der Waals surface area contributed by atoms with Crippen LogP contribution in [0.15, 0.2) is 12.3 Å². The SMILES string of the molecule is CC1(O)CCCN(c2nccc(CN)c2Cl)CC1. The third kappa shape index (κ3) is 2.94. The number of nitrogens with two attached hydrogens (primary N) is 1. The summed E-state index contributed by atoms with van der Waals surface area (Å²) in [6.45, 7) is 3.95. The molecule has 2 rings (SSSR count). The smallest absolute Gasteiger partial charge is 0.147 e. The molecule has 1 aromatic heterocycles. The fourth-order valence-electron chi connectivity index (χ4n) is 2.32. The minimum atomic E-state index is -0.577. The van der Waals surface area contributed by atoms with Crippen molar-refractivity contribution in [3.8, 4) is 0 Å². The van der Waals surface area contributed by atoms with Gasteiger partial charge in [0.25, 0.3) is 0 Å². The molecule has 0 bridgehead atoms. The van der Waals surface area contributed by atoms with E-state index in [1.807, 2.05) is 13.0 Å². The van der Waals surface area contributed by atoms with Crippen LogP contribution in [0.1, 0.15) is 31.7 Å². The average Bonchev–Trinajstić information content (AvgIpc) is 2.51. The Bertz CT molecular complexity index is 423. The second kappa shape index (κ2) is 5.43. The van der Waals surface area contributed by atoms with E-state index in [2.05, 4.69) is 9.88 Å². The normalized spacial score (nSPS) is 25.0. The van der Waals surface area contributed by atoms with Crippen LogP contribution < -0.4 is 10.6 Å². The van der Waals surface area contributed by atoms with Crippen molar-refractivity contribution in [1.29, 1.82) is 0 Å². The minimum Gasteiger partial charge on any atom is -0.390 e. The van der Waals surface area contributed by atoms with Crippen LogP contribution in [0.4, 0.5) is 5.82 Å². The molecule has 2 heterocycles. The molecule has 1 unspecified atom stereocenters. The van der Waals surface area contributed by atoms with Gasteiger partial charge in [0.2, 0.25) is 0 Å². The van der Waals surface area contributed by atoms with Gasteiger partial charge in [0.15, 0.2) is 0 Å². The van der Waals surface area contributed by atoms with Crippen molar-refractivity contribution >= 4 is 17.4 Å². The summed E-state index contributed by atoms with van der Waals surface area (Å²) in [4.78, 5) is 6.50. The summed E-state index contributed by atoms with van der Waals surface area (Å²) in [6.07, 6.45) is 4.24. The number of nitrogens with zero attached hydrogens (tertiary/aromatic N) is 2. The molecule has 1 saturated heterocycles. The Balaban J connectivity index is 2.21. The third-order valence-electron chi connectivity index (χ3n) is 3.53. The molecule has 1 fully saturated rings. The number of rotatable bonds is 2. The lowest BCUT2D eigenvalue weighted by Gasteiger charge is -2.24. The van der Waals surface area contributed by atoms with Crippen molar-refractivity contribution in [2.45, 2.75) is 38.3 Å². The van der Waals surface area contributed by atoms with Gasteiger partial charge in [-0.25, -0.2) is 4.98 Å². The number of halogens is 1. The van der Waals surface area contributed by atoms with E-state index in [1.165, 1.54) is 0 Å². The molecule has 100 valence electrons. The second-order valence-corrected chi connectivity index (χ2v) is 5.53. The van der Waals surface area contributed by atoms with E-state index in [1.54, 1.807) is 6.20 Å². The van der Waals surface area contributed by atoms with Crippen LogP contribution in [-0.2, 0) is 6.54 Å². The van der Waals surface area contributed by atoms with Gasteiger partial charge < -0.3 is 15.7 Å². The van der Waals surface area contributed by atoms with Crippen LogP contribution in [0.2, 0.25) is 5.02 Å². The highest BCUT2D eigenvalue weighted by molar-refractivity contribution is 6.33. The van der Waals surface area contributed by atoms with E-state index in [0.717, 1.165) is 43.7 Å². The molecule has 1 atom stereocenters. The van der Waals surface area contributed by atoms with E-state index in [9.17, 15) is 5.11 Å². The predicted molar refractivity (Wildman–Crippen MR) is 73.8 cm³/mol. The van der Waals surface area contributed by atoms with Gasteiger partial charge >= 0.3 is 0 Å². The fraction of sp³-hybridized carbons (Fsp3) is 0.615. The van der Waals surface area contributed by atoms with Gasteiger partial charge in [0, 0.05) is 25.8 Å². The lowest BCUT2D eigenvalue weighted by atomic mass is 9.98. The van der Waals surface area contributed by atoms with E-state index in [-0.39, 0.29) is 0 Å². The summed E-state index contributed by atoms with van der Waals surface area (Å²) in [5.74, 6) is 0.789. The molecule has 0 amide bonds. The number of hydrogen-bond acceptors (Lipinski definition) is 4. The fourth-order valence-corrected chi connectivity index (χ4v) is 2.63. The second-order valence-electron chi connectivity index (χ2n) is 5.15. The van der Waals surface area contributed by atoms with Crippen LogP contribution in [-0.4, -0.2) is 28.8 Å². The summed E-state index contributed by atoms with van der Waals surface area (Å²) in [6, 6.07) is 1.85. The van der Waals surface area contributed by atoms with E-state index in [0.29, 0.717) is 11.6 Å². The third-order valence-corrected chi connectivity index (χ3v) is 3.95. The molecule has 1 aliphatic rings. The van der Waals surface area contributed by atoms with Crippen molar-refractivity contribution in [1.82, 2.24) is 4.98 Å². The molecule has 1 aromatic rings. The monoisotopic (exact) mass is 269 g/mol. The maximum atomic E-state index is 10.1. The van der Waals surface area contributed by atoms with Gasteiger partial charge in [0.05, 0.1) is 10.6 Å². The van der Waals surface area contributed by atoms with Crippen molar-refractivity contribution < 1.29 is 5.11 Å². The van der Waals surface area contributed by atoms with Crippen LogP contribution in [0.5, 0.6) is 0 Å². The highest BCUT2D eigenvalue weighted by atomic mass is 35.5. The maximum Gasteiger partial charge on any atom is 0.147 e. The first-order valence-electron chi connectivity index (χ1n) is 6.34. The highest BCUT2D eigenvalue weighted by Crippen LogP contribution is 2.30. The van der Waals surface area contributed by atoms with Gasteiger partial charge in [-0.05, 0) is 37.8 Å². The largest absolute Gasteiger partial charge is 0.390 e. The Labute approximate surface area is 113 Å². The zero-order chi connectivity index (χ0) is 13.2. The first-order chi connectivity index (χ1) is 8.53. The standard InChI is InChI=1S/C13H20ClN3O/c1-13(18)4-2-7-17(8-5-13)12-11(14)10(9-15)3-6-16-12/h3,6,18H,2,4-5,7-9,15H2,1H3. The Morgan fingerprint density at radius 2 is 2.28 bits per heavy atom. The first kappa shape index (κ1) is 13.6. The van der Waals surface area contributed by atoms with E-state index < -0.39 is 5.60 Å². The number of hydrogen-bond donors (Lipinski definition) is 2. The summed E-state index contributed by atoms with van der Waals surface area (Å²) in [5.41, 5.74) is 5.99. The van der Waals surface area contributed by atoms with Gasteiger partial charge in [-0.15, -0.1) is 0 Å². The molecular formula is C13H20ClN3O. The molecule has 0 aromatic carbocycles. The number of aliphatic hydroxyl groups is 1. The molecule has 0 aliphatic carbocycles. The molecule has 0 saturated carbocycles.